The predicted molar refractivity (Wildman–Crippen MR) is 62.2 cm³/mol. The van der Waals surface area contributed by atoms with Crippen molar-refractivity contribution in [3.05, 3.63) is 47.1 Å². The van der Waals surface area contributed by atoms with Gasteiger partial charge in [-0.2, -0.15) is 13.2 Å². The van der Waals surface area contributed by atoms with Crippen LogP contribution in [0.15, 0.2) is 28.8 Å². The van der Waals surface area contributed by atoms with E-state index in [-0.39, 0.29) is 23.7 Å². The molecule has 2 aromatic rings. The predicted octanol–water partition coefficient (Wildman–Crippen LogP) is 3.14. The van der Waals surface area contributed by atoms with Gasteiger partial charge in [-0.1, -0.05) is 5.16 Å². The molecule has 0 amide bonds. The Balaban J connectivity index is 2.13. The Morgan fingerprint density at radius 1 is 1.33 bits per heavy atom. The van der Waals surface area contributed by atoms with E-state index in [0.29, 0.717) is 18.2 Å². The lowest BCUT2D eigenvalue weighted by Crippen LogP contribution is -2.07. The molecule has 1 aromatic heterocycles. The molecule has 2 rings (SSSR count). The van der Waals surface area contributed by atoms with Crippen LogP contribution in [0.25, 0.3) is 0 Å². The second-order valence-electron chi connectivity index (χ2n) is 4.03. The summed E-state index contributed by atoms with van der Waals surface area (Å²) in [5, 5.41) is 14.2. The van der Waals surface area contributed by atoms with E-state index in [1.54, 1.807) is 0 Å². The molecule has 0 spiro atoms. The molecule has 2 N–H and O–H groups in total. The normalized spacial score (nSPS) is 11.4. The van der Waals surface area contributed by atoms with Crippen LogP contribution in [0.3, 0.4) is 0 Å². The van der Waals surface area contributed by atoms with Crippen molar-refractivity contribution in [2.45, 2.75) is 12.7 Å². The summed E-state index contributed by atoms with van der Waals surface area (Å²) >= 11 is 0. The van der Waals surface area contributed by atoms with Gasteiger partial charge in [0.1, 0.15) is 5.82 Å². The number of hydrogen-bond acceptors (Lipinski definition) is 4. The van der Waals surface area contributed by atoms with Crippen LogP contribution in [0.2, 0.25) is 0 Å². The highest BCUT2D eigenvalue weighted by molar-refractivity contribution is 5.85. The zero-order valence-corrected chi connectivity index (χ0v) is 10.2. The number of alkyl halides is 3. The average molecular weight is 304 g/mol. The molecule has 9 heteroatoms. The summed E-state index contributed by atoms with van der Waals surface area (Å²) in [4.78, 5) is 10.6. The van der Waals surface area contributed by atoms with E-state index < -0.39 is 23.5 Å². The molecule has 1 aromatic carbocycles. The maximum Gasteiger partial charge on any atom is 0.416 e. The molecule has 112 valence electrons. The first-order valence-corrected chi connectivity index (χ1v) is 5.57. The van der Waals surface area contributed by atoms with E-state index in [0.717, 1.165) is 6.07 Å². The SMILES string of the molecule is O=C(O)c1cc(CNc2cc(C(F)(F)F)ccc2F)on1. The summed E-state index contributed by atoms with van der Waals surface area (Å²) in [5.41, 5.74) is -1.73. The van der Waals surface area contributed by atoms with Crippen molar-refractivity contribution in [1.82, 2.24) is 5.16 Å². The smallest absolute Gasteiger partial charge is 0.416 e. The van der Waals surface area contributed by atoms with E-state index in [4.69, 9.17) is 5.11 Å². The fourth-order valence-corrected chi connectivity index (χ4v) is 1.52. The molecule has 1 heterocycles. The minimum atomic E-state index is -4.59. The minimum Gasteiger partial charge on any atom is -0.476 e. The highest BCUT2D eigenvalue weighted by atomic mass is 19.4. The third-order valence-corrected chi connectivity index (χ3v) is 2.52. The summed E-state index contributed by atoms with van der Waals surface area (Å²) in [6.45, 7) is -0.210. The standard InChI is InChI=1S/C12H8F4N2O3/c13-8-2-1-6(12(14,15)16)3-9(8)17-5-7-4-10(11(19)20)18-21-7/h1-4,17H,5H2,(H,19,20). The number of carboxylic acid groups (broad SMARTS) is 1. The van der Waals surface area contributed by atoms with Gasteiger partial charge in [-0.3, -0.25) is 0 Å². The van der Waals surface area contributed by atoms with E-state index in [2.05, 4.69) is 15.0 Å². The lowest BCUT2D eigenvalue weighted by atomic mass is 10.2. The highest BCUT2D eigenvalue weighted by Crippen LogP contribution is 2.31. The van der Waals surface area contributed by atoms with Crippen LogP contribution >= 0.6 is 0 Å². The molecular weight excluding hydrogens is 296 g/mol. The number of anilines is 1. The van der Waals surface area contributed by atoms with Crippen molar-refractivity contribution in [3.8, 4) is 0 Å². The van der Waals surface area contributed by atoms with Gasteiger partial charge >= 0.3 is 12.1 Å². The summed E-state index contributed by atoms with van der Waals surface area (Å²) in [6.07, 6.45) is -4.59. The summed E-state index contributed by atoms with van der Waals surface area (Å²) in [7, 11) is 0. The third kappa shape index (κ3) is 3.50. The second kappa shape index (κ2) is 5.43. The fraction of sp³-hybridized carbons (Fsp3) is 0.167. The lowest BCUT2D eigenvalue weighted by molar-refractivity contribution is -0.137. The minimum absolute atomic E-state index is 0.0456. The topological polar surface area (TPSA) is 75.4 Å². The average Bonchev–Trinajstić information content (AvgIpc) is 2.85. The van der Waals surface area contributed by atoms with Gasteiger partial charge in [0.05, 0.1) is 17.8 Å². The Labute approximate surface area is 115 Å². The summed E-state index contributed by atoms with van der Waals surface area (Å²) in [6, 6.07) is 3.01. The van der Waals surface area contributed by atoms with Crippen molar-refractivity contribution in [1.29, 1.82) is 0 Å². The molecule has 0 aliphatic rings. The summed E-state index contributed by atoms with van der Waals surface area (Å²) < 4.78 is 55.6. The number of halogens is 4. The lowest BCUT2D eigenvalue weighted by Gasteiger charge is -2.10. The first kappa shape index (κ1) is 14.8. The maximum atomic E-state index is 13.4. The monoisotopic (exact) mass is 304 g/mol. The number of benzene rings is 1. The van der Waals surface area contributed by atoms with Crippen LogP contribution < -0.4 is 5.32 Å². The molecule has 0 aliphatic carbocycles. The Morgan fingerprint density at radius 3 is 2.62 bits per heavy atom. The molecule has 0 unspecified atom stereocenters. The van der Waals surface area contributed by atoms with Crippen LogP contribution in [-0.4, -0.2) is 16.2 Å². The van der Waals surface area contributed by atoms with Crippen molar-refractivity contribution in [2.24, 2.45) is 0 Å². The maximum absolute atomic E-state index is 13.4. The Bertz CT molecular complexity index is 667. The molecule has 0 saturated heterocycles. The van der Waals surface area contributed by atoms with E-state index in [1.807, 2.05) is 0 Å². The Kier molecular flexibility index (Phi) is 3.83. The van der Waals surface area contributed by atoms with Gasteiger partial charge in [-0.15, -0.1) is 0 Å². The molecule has 0 atom stereocenters. The van der Waals surface area contributed by atoms with Gasteiger partial charge < -0.3 is 14.9 Å². The molecule has 0 aliphatic heterocycles. The van der Waals surface area contributed by atoms with E-state index >= 15 is 0 Å². The van der Waals surface area contributed by atoms with Gasteiger partial charge in [0, 0.05) is 6.07 Å². The first-order chi connectivity index (χ1) is 9.77. The van der Waals surface area contributed by atoms with Crippen LogP contribution in [0.5, 0.6) is 0 Å². The second-order valence-corrected chi connectivity index (χ2v) is 4.03. The Hall–Kier alpha value is -2.58. The van der Waals surface area contributed by atoms with Crippen LogP contribution in [0.4, 0.5) is 23.2 Å². The molecule has 0 fully saturated rings. The number of hydrogen-bond donors (Lipinski definition) is 2. The van der Waals surface area contributed by atoms with Gasteiger partial charge in [-0.25, -0.2) is 9.18 Å². The van der Waals surface area contributed by atoms with Crippen LogP contribution in [0.1, 0.15) is 21.8 Å². The number of nitrogens with zero attached hydrogens (tertiary/aromatic N) is 1. The number of aromatic carboxylic acids is 1. The van der Waals surface area contributed by atoms with Crippen molar-refractivity contribution in [2.75, 3.05) is 5.32 Å². The molecule has 0 radical (unpaired) electrons. The van der Waals surface area contributed by atoms with E-state index in [9.17, 15) is 22.4 Å². The van der Waals surface area contributed by atoms with Crippen molar-refractivity contribution < 1.29 is 32.0 Å². The first-order valence-electron chi connectivity index (χ1n) is 5.57. The third-order valence-electron chi connectivity index (χ3n) is 2.52. The van der Waals surface area contributed by atoms with Gasteiger partial charge in [0.25, 0.3) is 0 Å². The number of nitrogens with one attached hydrogen (secondary N) is 1. The number of rotatable bonds is 4. The fourth-order valence-electron chi connectivity index (χ4n) is 1.52. The molecule has 21 heavy (non-hydrogen) atoms. The van der Waals surface area contributed by atoms with Gasteiger partial charge in [0.15, 0.2) is 11.5 Å². The largest absolute Gasteiger partial charge is 0.476 e. The molecule has 0 saturated carbocycles. The van der Waals surface area contributed by atoms with Crippen molar-refractivity contribution in [3.63, 3.8) is 0 Å². The van der Waals surface area contributed by atoms with Gasteiger partial charge in [-0.05, 0) is 18.2 Å². The molecular formula is C12H8F4N2O3. The zero-order chi connectivity index (χ0) is 15.6. The highest BCUT2D eigenvalue weighted by Gasteiger charge is 2.31. The zero-order valence-electron chi connectivity index (χ0n) is 10.2. The van der Waals surface area contributed by atoms with Gasteiger partial charge in [0.2, 0.25) is 0 Å². The van der Waals surface area contributed by atoms with Crippen LogP contribution in [0, 0.1) is 5.82 Å². The number of carbonyl (C=O) groups is 1. The Morgan fingerprint density at radius 2 is 2.05 bits per heavy atom. The quantitative estimate of drug-likeness (QED) is 0.849. The molecule has 0 bridgehead atoms. The number of carboxylic acids is 1. The molecule has 5 nitrogen and oxygen atoms in total. The number of aromatic nitrogens is 1. The van der Waals surface area contributed by atoms with Crippen molar-refractivity contribution >= 4 is 11.7 Å². The summed E-state index contributed by atoms with van der Waals surface area (Å²) in [5.74, 6) is -2.14. The van der Waals surface area contributed by atoms with Crippen LogP contribution in [-0.2, 0) is 12.7 Å². The van der Waals surface area contributed by atoms with E-state index in [1.165, 1.54) is 0 Å².